The van der Waals surface area contributed by atoms with Gasteiger partial charge >= 0.3 is 0 Å². The summed E-state index contributed by atoms with van der Waals surface area (Å²) in [6, 6.07) is 9.34. The number of hydrogen-bond donors (Lipinski definition) is 2. The Labute approximate surface area is 152 Å². The Balaban J connectivity index is 1.68. The van der Waals surface area contributed by atoms with E-state index in [4.69, 9.17) is 4.74 Å². The van der Waals surface area contributed by atoms with Crippen molar-refractivity contribution < 1.29 is 17.9 Å². The predicted octanol–water partition coefficient (Wildman–Crippen LogP) is 2.18. The van der Waals surface area contributed by atoms with Crippen molar-refractivity contribution in [3.8, 4) is 0 Å². The Morgan fingerprint density at radius 3 is 2.85 bits per heavy atom. The molecule has 0 unspecified atom stereocenters. The second kappa shape index (κ2) is 8.39. The van der Waals surface area contributed by atoms with Crippen LogP contribution in [0, 0.1) is 0 Å². The number of pyridine rings is 1. The van der Waals surface area contributed by atoms with E-state index in [9.17, 15) is 13.2 Å². The largest absolute Gasteiger partial charge is 0.377 e. The zero-order valence-electron chi connectivity index (χ0n) is 14.2. The summed E-state index contributed by atoms with van der Waals surface area (Å²) in [6.07, 6.45) is 5.91. The number of carbonyl (C=O) groups excluding carboxylic acids is 1. The van der Waals surface area contributed by atoms with Gasteiger partial charge in [-0.1, -0.05) is 6.07 Å². The van der Waals surface area contributed by atoms with Gasteiger partial charge in [0.05, 0.1) is 22.9 Å². The molecule has 8 heteroatoms. The minimum atomic E-state index is -3.71. The van der Waals surface area contributed by atoms with Crippen LogP contribution in [0.1, 0.15) is 29.6 Å². The third-order valence-corrected chi connectivity index (χ3v) is 5.52. The van der Waals surface area contributed by atoms with Crippen LogP contribution in [-0.4, -0.2) is 38.6 Å². The third kappa shape index (κ3) is 4.87. The van der Waals surface area contributed by atoms with E-state index in [-0.39, 0.29) is 23.1 Å². The molecule has 0 saturated carbocycles. The molecule has 2 N–H and O–H groups in total. The molecule has 0 spiro atoms. The molecule has 1 aromatic carbocycles. The fourth-order valence-corrected chi connectivity index (χ4v) is 3.81. The van der Waals surface area contributed by atoms with Crippen molar-refractivity contribution in [2.45, 2.75) is 30.3 Å². The molecule has 2 heterocycles. The Bertz CT molecular complexity index is 850. The lowest BCUT2D eigenvalue weighted by molar-refractivity contribution is 0.0200. The average Bonchev–Trinajstić information content (AvgIpc) is 2.68. The first kappa shape index (κ1) is 18.5. The summed E-state index contributed by atoms with van der Waals surface area (Å²) in [5.74, 6) is -0.398. The monoisotopic (exact) mass is 375 g/mol. The van der Waals surface area contributed by atoms with E-state index < -0.39 is 15.9 Å². The Kier molecular flexibility index (Phi) is 5.97. The molecular formula is C18H21N3O4S. The highest BCUT2D eigenvalue weighted by Crippen LogP contribution is 2.16. The standard InChI is InChI=1S/C18H21N3O4S/c22-18(21-15-6-4-9-19-12-15)14-5-3-8-17(11-14)26(23,24)20-13-16-7-1-2-10-25-16/h3-6,8-9,11-12,16,20H,1-2,7,10,13H2,(H,21,22)/t16-/m1/s1. The SMILES string of the molecule is O=C(Nc1cccnc1)c1cccc(S(=O)(=O)NC[C@H]2CCCCO2)c1. The van der Waals surface area contributed by atoms with Crippen molar-refractivity contribution in [2.24, 2.45) is 0 Å². The zero-order valence-corrected chi connectivity index (χ0v) is 15.0. The normalized spacial score (nSPS) is 17.6. The summed E-state index contributed by atoms with van der Waals surface area (Å²) < 4.78 is 33.1. The topological polar surface area (TPSA) is 97.4 Å². The lowest BCUT2D eigenvalue weighted by Gasteiger charge is -2.22. The number of benzene rings is 1. The highest BCUT2D eigenvalue weighted by molar-refractivity contribution is 7.89. The minimum Gasteiger partial charge on any atom is -0.377 e. The van der Waals surface area contributed by atoms with Gasteiger partial charge in [0.15, 0.2) is 0 Å². The van der Waals surface area contributed by atoms with Gasteiger partial charge in [-0.15, -0.1) is 0 Å². The Morgan fingerprint density at radius 1 is 1.23 bits per heavy atom. The number of ether oxygens (including phenoxy) is 1. The van der Waals surface area contributed by atoms with Gasteiger partial charge in [0.25, 0.3) is 5.91 Å². The quantitative estimate of drug-likeness (QED) is 0.807. The van der Waals surface area contributed by atoms with E-state index in [2.05, 4.69) is 15.0 Å². The van der Waals surface area contributed by atoms with Gasteiger partial charge in [-0.2, -0.15) is 0 Å². The fraction of sp³-hybridized carbons (Fsp3) is 0.333. The highest BCUT2D eigenvalue weighted by atomic mass is 32.2. The summed E-state index contributed by atoms with van der Waals surface area (Å²) in [5, 5.41) is 2.68. The lowest BCUT2D eigenvalue weighted by atomic mass is 10.1. The Hall–Kier alpha value is -2.29. The highest BCUT2D eigenvalue weighted by Gasteiger charge is 2.20. The molecule has 1 aromatic heterocycles. The van der Waals surface area contributed by atoms with Crippen LogP contribution in [-0.2, 0) is 14.8 Å². The molecule has 1 amide bonds. The summed E-state index contributed by atoms with van der Waals surface area (Å²) in [4.78, 5) is 16.3. The number of rotatable bonds is 6. The van der Waals surface area contributed by atoms with Gasteiger partial charge in [0, 0.05) is 24.9 Å². The van der Waals surface area contributed by atoms with Gasteiger partial charge in [-0.25, -0.2) is 13.1 Å². The molecule has 1 aliphatic heterocycles. The molecule has 2 aromatic rings. The van der Waals surface area contributed by atoms with E-state index in [1.165, 1.54) is 18.3 Å². The van der Waals surface area contributed by atoms with Gasteiger partial charge in [0.2, 0.25) is 10.0 Å². The molecule has 1 saturated heterocycles. The number of anilines is 1. The maximum atomic E-state index is 12.5. The molecule has 138 valence electrons. The third-order valence-electron chi connectivity index (χ3n) is 4.10. The average molecular weight is 375 g/mol. The second-order valence-corrected chi connectivity index (χ2v) is 7.83. The molecule has 1 aliphatic rings. The van der Waals surface area contributed by atoms with Crippen molar-refractivity contribution in [3.05, 3.63) is 54.4 Å². The van der Waals surface area contributed by atoms with E-state index in [0.29, 0.717) is 12.3 Å². The fourth-order valence-electron chi connectivity index (χ4n) is 2.70. The van der Waals surface area contributed by atoms with Crippen LogP contribution in [0.2, 0.25) is 0 Å². The summed E-state index contributed by atoms with van der Waals surface area (Å²) in [7, 11) is -3.71. The van der Waals surface area contributed by atoms with E-state index in [1.54, 1.807) is 30.5 Å². The molecule has 3 rings (SSSR count). The Morgan fingerprint density at radius 2 is 2.12 bits per heavy atom. The van der Waals surface area contributed by atoms with Crippen molar-refractivity contribution in [2.75, 3.05) is 18.5 Å². The van der Waals surface area contributed by atoms with Crippen LogP contribution in [0.3, 0.4) is 0 Å². The van der Waals surface area contributed by atoms with Crippen LogP contribution < -0.4 is 10.0 Å². The van der Waals surface area contributed by atoms with Crippen LogP contribution in [0.5, 0.6) is 0 Å². The molecule has 0 radical (unpaired) electrons. The van der Waals surface area contributed by atoms with Crippen LogP contribution in [0.15, 0.2) is 53.7 Å². The predicted molar refractivity (Wildman–Crippen MR) is 97.4 cm³/mol. The maximum Gasteiger partial charge on any atom is 0.255 e. The number of hydrogen-bond acceptors (Lipinski definition) is 5. The van der Waals surface area contributed by atoms with Gasteiger partial charge in [-0.05, 0) is 49.6 Å². The molecular weight excluding hydrogens is 354 g/mol. The van der Waals surface area contributed by atoms with E-state index >= 15 is 0 Å². The van der Waals surface area contributed by atoms with Crippen molar-refractivity contribution >= 4 is 21.6 Å². The molecule has 7 nitrogen and oxygen atoms in total. The van der Waals surface area contributed by atoms with Crippen molar-refractivity contribution in [3.63, 3.8) is 0 Å². The number of nitrogens with zero attached hydrogens (tertiary/aromatic N) is 1. The molecule has 1 atom stereocenters. The minimum absolute atomic E-state index is 0.0483. The number of amides is 1. The number of aromatic nitrogens is 1. The first-order valence-electron chi connectivity index (χ1n) is 8.47. The van der Waals surface area contributed by atoms with Crippen LogP contribution >= 0.6 is 0 Å². The second-order valence-electron chi connectivity index (χ2n) is 6.06. The zero-order chi connectivity index (χ0) is 18.4. The van der Waals surface area contributed by atoms with Crippen LogP contribution in [0.4, 0.5) is 5.69 Å². The summed E-state index contributed by atoms with van der Waals surface area (Å²) in [6.45, 7) is 0.894. The van der Waals surface area contributed by atoms with Gasteiger partial charge in [0.1, 0.15) is 0 Å². The molecule has 26 heavy (non-hydrogen) atoms. The number of sulfonamides is 1. The first-order chi connectivity index (χ1) is 12.5. The lowest BCUT2D eigenvalue weighted by Crippen LogP contribution is -2.35. The maximum absolute atomic E-state index is 12.5. The summed E-state index contributed by atoms with van der Waals surface area (Å²) >= 11 is 0. The van der Waals surface area contributed by atoms with E-state index in [0.717, 1.165) is 19.3 Å². The molecule has 0 aliphatic carbocycles. The molecule has 0 bridgehead atoms. The summed E-state index contributed by atoms with van der Waals surface area (Å²) in [5.41, 5.74) is 0.795. The molecule has 1 fully saturated rings. The van der Waals surface area contributed by atoms with Crippen LogP contribution in [0.25, 0.3) is 0 Å². The number of nitrogens with one attached hydrogen (secondary N) is 2. The van der Waals surface area contributed by atoms with Crippen molar-refractivity contribution in [1.29, 1.82) is 0 Å². The van der Waals surface area contributed by atoms with Gasteiger partial charge in [-0.3, -0.25) is 9.78 Å². The van der Waals surface area contributed by atoms with Crippen molar-refractivity contribution in [1.82, 2.24) is 9.71 Å². The first-order valence-corrected chi connectivity index (χ1v) is 9.96. The smallest absolute Gasteiger partial charge is 0.255 e. The van der Waals surface area contributed by atoms with Gasteiger partial charge < -0.3 is 10.1 Å². The number of carbonyl (C=O) groups is 1. The van der Waals surface area contributed by atoms with E-state index in [1.807, 2.05) is 0 Å².